The fourth-order valence-corrected chi connectivity index (χ4v) is 3.80. The molecule has 1 aromatic carbocycles. The van der Waals surface area contributed by atoms with Gasteiger partial charge in [-0.25, -0.2) is 8.42 Å². The summed E-state index contributed by atoms with van der Waals surface area (Å²) < 4.78 is 26.3. The van der Waals surface area contributed by atoms with Crippen LogP contribution in [-0.4, -0.2) is 32.4 Å². The minimum atomic E-state index is -3.62. The molecule has 0 saturated carbocycles. The highest BCUT2D eigenvalue weighted by atomic mass is 35.5. The number of nitrogens with zero attached hydrogens (tertiary/aromatic N) is 1. The Kier molecular flexibility index (Phi) is 6.28. The number of nitrogens with one attached hydrogen (secondary N) is 1. The molecule has 0 aliphatic rings. The Morgan fingerprint density at radius 1 is 1.25 bits per heavy atom. The molecule has 1 aromatic rings. The molecule has 20 heavy (non-hydrogen) atoms. The highest BCUT2D eigenvalue weighted by Crippen LogP contribution is 2.30. The van der Waals surface area contributed by atoms with Gasteiger partial charge in [0.1, 0.15) is 4.90 Å². The monoisotopic (exact) mass is 338 g/mol. The van der Waals surface area contributed by atoms with Gasteiger partial charge >= 0.3 is 0 Å². The molecule has 0 aromatic heterocycles. The molecule has 0 saturated heterocycles. The van der Waals surface area contributed by atoms with Crippen LogP contribution < -0.4 is 5.32 Å². The van der Waals surface area contributed by atoms with Crippen LogP contribution in [0.1, 0.15) is 26.3 Å². The molecule has 7 heteroatoms. The van der Waals surface area contributed by atoms with Gasteiger partial charge in [-0.2, -0.15) is 4.31 Å². The molecular formula is C13H20Cl2N2O2S. The van der Waals surface area contributed by atoms with Gasteiger partial charge in [0.15, 0.2) is 0 Å². The lowest BCUT2D eigenvalue weighted by molar-refractivity contribution is 0.410. The standard InChI is InChI=1S/C13H20Cl2N2O2S/c1-5-16-8-10-6-13(12(15)7-11(10)14)20(18,19)17(4)9(2)3/h6-7,9,16H,5,8H2,1-4H3. The molecule has 1 N–H and O–H groups in total. The fraction of sp³-hybridized carbons (Fsp3) is 0.538. The summed E-state index contributed by atoms with van der Waals surface area (Å²) in [4.78, 5) is 0.0904. The van der Waals surface area contributed by atoms with E-state index in [1.807, 2.05) is 6.92 Å². The van der Waals surface area contributed by atoms with Gasteiger partial charge in [-0.15, -0.1) is 0 Å². The van der Waals surface area contributed by atoms with Gasteiger partial charge in [0.25, 0.3) is 0 Å². The molecule has 114 valence electrons. The van der Waals surface area contributed by atoms with Crippen LogP contribution in [0.2, 0.25) is 10.0 Å². The van der Waals surface area contributed by atoms with E-state index in [2.05, 4.69) is 5.32 Å². The molecule has 1 rings (SSSR count). The Bertz CT molecular complexity index is 574. The SMILES string of the molecule is CCNCc1cc(S(=O)(=O)N(C)C(C)C)c(Cl)cc1Cl. The predicted octanol–water partition coefficient (Wildman–Crippen LogP) is 3.13. The second-order valence-electron chi connectivity index (χ2n) is 4.77. The van der Waals surface area contributed by atoms with Gasteiger partial charge in [0, 0.05) is 24.7 Å². The number of hydrogen-bond acceptors (Lipinski definition) is 3. The Morgan fingerprint density at radius 2 is 1.85 bits per heavy atom. The summed E-state index contributed by atoms with van der Waals surface area (Å²) in [5, 5.41) is 3.72. The van der Waals surface area contributed by atoms with E-state index in [0.717, 1.165) is 6.54 Å². The Hall–Kier alpha value is -0.330. The third-order valence-electron chi connectivity index (χ3n) is 3.05. The number of halogens is 2. The first-order valence-electron chi connectivity index (χ1n) is 6.38. The van der Waals surface area contributed by atoms with E-state index < -0.39 is 10.0 Å². The molecule has 0 fully saturated rings. The third-order valence-corrected chi connectivity index (χ3v) is 5.90. The van der Waals surface area contributed by atoms with Gasteiger partial charge in [0.05, 0.1) is 5.02 Å². The van der Waals surface area contributed by atoms with Crippen molar-refractivity contribution >= 4 is 33.2 Å². The van der Waals surface area contributed by atoms with E-state index in [1.165, 1.54) is 17.4 Å². The van der Waals surface area contributed by atoms with E-state index in [0.29, 0.717) is 17.1 Å². The summed E-state index contributed by atoms with van der Waals surface area (Å²) in [5.74, 6) is 0. The number of sulfonamides is 1. The first-order chi connectivity index (χ1) is 9.21. The van der Waals surface area contributed by atoms with Crippen molar-refractivity contribution in [3.05, 3.63) is 27.7 Å². The van der Waals surface area contributed by atoms with Crippen molar-refractivity contribution < 1.29 is 8.42 Å². The largest absolute Gasteiger partial charge is 0.313 e. The number of benzene rings is 1. The summed E-state index contributed by atoms with van der Waals surface area (Å²) >= 11 is 12.2. The molecular weight excluding hydrogens is 319 g/mol. The van der Waals surface area contributed by atoms with Crippen molar-refractivity contribution in [1.29, 1.82) is 0 Å². The molecule has 0 atom stereocenters. The van der Waals surface area contributed by atoms with Crippen LogP contribution in [0.5, 0.6) is 0 Å². The number of hydrogen-bond donors (Lipinski definition) is 1. The average Bonchev–Trinajstić information content (AvgIpc) is 2.36. The summed E-state index contributed by atoms with van der Waals surface area (Å²) in [6, 6.07) is 2.88. The first kappa shape index (κ1) is 17.7. The highest BCUT2D eigenvalue weighted by molar-refractivity contribution is 7.89. The second-order valence-corrected chi connectivity index (χ2v) is 7.55. The predicted molar refractivity (Wildman–Crippen MR) is 83.9 cm³/mol. The molecule has 0 heterocycles. The maximum Gasteiger partial charge on any atom is 0.244 e. The Morgan fingerprint density at radius 3 is 2.35 bits per heavy atom. The van der Waals surface area contributed by atoms with E-state index in [9.17, 15) is 8.42 Å². The highest BCUT2D eigenvalue weighted by Gasteiger charge is 2.26. The zero-order chi connectivity index (χ0) is 15.5. The third kappa shape index (κ3) is 3.86. The maximum atomic E-state index is 12.5. The zero-order valence-corrected chi connectivity index (χ0v) is 14.4. The van der Waals surface area contributed by atoms with E-state index in [1.54, 1.807) is 19.9 Å². The fourth-order valence-electron chi connectivity index (χ4n) is 1.60. The lowest BCUT2D eigenvalue weighted by Gasteiger charge is -2.22. The molecule has 0 amide bonds. The quantitative estimate of drug-likeness (QED) is 0.866. The van der Waals surface area contributed by atoms with Crippen LogP contribution in [0, 0.1) is 0 Å². The molecule has 0 spiro atoms. The van der Waals surface area contributed by atoms with Crippen molar-refractivity contribution in [2.24, 2.45) is 0 Å². The van der Waals surface area contributed by atoms with Gasteiger partial charge in [-0.05, 0) is 38.1 Å². The molecule has 0 unspecified atom stereocenters. The summed E-state index contributed by atoms with van der Waals surface area (Å²) in [5.41, 5.74) is 0.716. The van der Waals surface area contributed by atoms with E-state index >= 15 is 0 Å². The van der Waals surface area contributed by atoms with Gasteiger partial charge in [0.2, 0.25) is 10.0 Å². The van der Waals surface area contributed by atoms with Crippen LogP contribution in [-0.2, 0) is 16.6 Å². The van der Waals surface area contributed by atoms with Gasteiger partial charge in [-0.1, -0.05) is 30.1 Å². The van der Waals surface area contributed by atoms with Crippen LogP contribution in [0.4, 0.5) is 0 Å². The van der Waals surface area contributed by atoms with E-state index in [4.69, 9.17) is 23.2 Å². The normalized spacial score (nSPS) is 12.4. The van der Waals surface area contributed by atoms with Crippen LogP contribution in [0.25, 0.3) is 0 Å². The summed E-state index contributed by atoms with van der Waals surface area (Å²) in [7, 11) is -2.08. The average molecular weight is 339 g/mol. The minimum absolute atomic E-state index is 0.0904. The van der Waals surface area contributed by atoms with Crippen LogP contribution in [0.3, 0.4) is 0 Å². The topological polar surface area (TPSA) is 49.4 Å². The molecule has 4 nitrogen and oxygen atoms in total. The molecule has 0 radical (unpaired) electrons. The van der Waals surface area contributed by atoms with Crippen molar-refractivity contribution in [2.75, 3.05) is 13.6 Å². The Balaban J connectivity index is 3.31. The summed E-state index contributed by atoms with van der Waals surface area (Å²) in [6.45, 7) is 6.85. The van der Waals surface area contributed by atoms with Crippen LogP contribution >= 0.6 is 23.2 Å². The van der Waals surface area contributed by atoms with Gasteiger partial charge < -0.3 is 5.32 Å². The maximum absolute atomic E-state index is 12.5. The van der Waals surface area contributed by atoms with Crippen molar-refractivity contribution in [3.63, 3.8) is 0 Å². The van der Waals surface area contributed by atoms with Crippen molar-refractivity contribution in [3.8, 4) is 0 Å². The van der Waals surface area contributed by atoms with Crippen LogP contribution in [0.15, 0.2) is 17.0 Å². The molecule has 0 bridgehead atoms. The van der Waals surface area contributed by atoms with E-state index in [-0.39, 0.29) is 16.0 Å². The smallest absolute Gasteiger partial charge is 0.244 e. The summed E-state index contributed by atoms with van der Waals surface area (Å²) in [6.07, 6.45) is 0. The van der Waals surface area contributed by atoms with Crippen molar-refractivity contribution in [1.82, 2.24) is 9.62 Å². The number of rotatable bonds is 6. The second kappa shape index (κ2) is 7.09. The molecule has 0 aliphatic carbocycles. The molecule has 0 aliphatic heterocycles. The minimum Gasteiger partial charge on any atom is -0.313 e. The van der Waals surface area contributed by atoms with Crippen molar-refractivity contribution in [2.45, 2.75) is 38.3 Å². The zero-order valence-electron chi connectivity index (χ0n) is 12.1. The lowest BCUT2D eigenvalue weighted by atomic mass is 10.2. The lowest BCUT2D eigenvalue weighted by Crippen LogP contribution is -2.33. The Labute approximate surface area is 131 Å². The first-order valence-corrected chi connectivity index (χ1v) is 8.58. The van der Waals surface area contributed by atoms with Gasteiger partial charge in [-0.3, -0.25) is 0 Å².